The molecular weight excluding hydrogens is 314 g/mol. The van der Waals surface area contributed by atoms with Gasteiger partial charge in [0, 0.05) is 12.1 Å². The van der Waals surface area contributed by atoms with E-state index in [1.165, 1.54) is 36.9 Å². The molecule has 1 amide bonds. The summed E-state index contributed by atoms with van der Waals surface area (Å²) in [5.41, 5.74) is 0.711. The Morgan fingerprint density at radius 3 is 2.83 bits per heavy atom. The number of carbonyl (C=O) groups is 1. The maximum absolute atomic E-state index is 12.0. The number of amides is 1. The van der Waals surface area contributed by atoms with Crippen LogP contribution in [0.3, 0.4) is 0 Å². The van der Waals surface area contributed by atoms with Crippen LogP contribution in [0.2, 0.25) is 5.02 Å². The second-order valence-electron chi connectivity index (χ2n) is 5.93. The lowest BCUT2D eigenvalue weighted by Gasteiger charge is -2.21. The monoisotopic (exact) mass is 333 g/mol. The van der Waals surface area contributed by atoms with Gasteiger partial charge in [-0.25, -0.2) is 0 Å². The summed E-state index contributed by atoms with van der Waals surface area (Å²) in [7, 11) is 0. The van der Waals surface area contributed by atoms with Crippen LogP contribution >= 0.6 is 11.6 Å². The van der Waals surface area contributed by atoms with Crippen LogP contribution in [-0.4, -0.2) is 32.7 Å². The first kappa shape index (κ1) is 15.9. The largest absolute Gasteiger partial charge is 0.354 e. The van der Waals surface area contributed by atoms with Gasteiger partial charge in [0.25, 0.3) is 0 Å². The third kappa shape index (κ3) is 4.28. The van der Waals surface area contributed by atoms with Crippen molar-refractivity contribution in [1.82, 2.24) is 25.5 Å². The van der Waals surface area contributed by atoms with E-state index in [0.29, 0.717) is 22.3 Å². The number of hydrogen-bond acceptors (Lipinski definition) is 4. The molecule has 1 aromatic heterocycles. The zero-order chi connectivity index (χ0) is 16.1. The van der Waals surface area contributed by atoms with Gasteiger partial charge < -0.3 is 5.32 Å². The highest BCUT2D eigenvalue weighted by Gasteiger charge is 2.15. The lowest BCUT2D eigenvalue weighted by Crippen LogP contribution is -2.33. The number of carbonyl (C=O) groups excluding carboxylic acids is 1. The van der Waals surface area contributed by atoms with Crippen molar-refractivity contribution in [2.45, 2.75) is 38.6 Å². The molecule has 3 rings (SSSR count). The van der Waals surface area contributed by atoms with Crippen LogP contribution in [0.1, 0.15) is 32.1 Å². The Morgan fingerprint density at radius 1 is 1.26 bits per heavy atom. The van der Waals surface area contributed by atoms with Crippen molar-refractivity contribution in [3.8, 4) is 11.4 Å². The van der Waals surface area contributed by atoms with Crippen molar-refractivity contribution in [2.75, 3.05) is 6.54 Å². The van der Waals surface area contributed by atoms with Crippen molar-refractivity contribution in [3.05, 3.63) is 29.3 Å². The van der Waals surface area contributed by atoms with E-state index in [4.69, 9.17) is 11.6 Å². The van der Waals surface area contributed by atoms with Crippen molar-refractivity contribution in [2.24, 2.45) is 5.92 Å². The van der Waals surface area contributed by atoms with Crippen LogP contribution in [0.4, 0.5) is 0 Å². The quantitative estimate of drug-likeness (QED) is 0.913. The summed E-state index contributed by atoms with van der Waals surface area (Å²) in [6, 6.07) is 7.30. The minimum atomic E-state index is -0.0846. The molecule has 1 heterocycles. The number of halogens is 1. The number of rotatable bonds is 5. The molecule has 0 bridgehead atoms. The van der Waals surface area contributed by atoms with Gasteiger partial charge in [-0.3, -0.25) is 4.79 Å². The number of hydrogen-bond donors (Lipinski definition) is 1. The van der Waals surface area contributed by atoms with Crippen LogP contribution in [0.15, 0.2) is 24.3 Å². The van der Waals surface area contributed by atoms with Gasteiger partial charge in [-0.05, 0) is 36.1 Å². The molecular formula is C16H20ClN5O. The highest BCUT2D eigenvalue weighted by Crippen LogP contribution is 2.24. The van der Waals surface area contributed by atoms with Crippen LogP contribution in [0.5, 0.6) is 0 Å². The maximum Gasteiger partial charge on any atom is 0.243 e. The molecule has 1 aromatic carbocycles. The van der Waals surface area contributed by atoms with Gasteiger partial charge in [-0.2, -0.15) is 4.80 Å². The van der Waals surface area contributed by atoms with Gasteiger partial charge in [0.1, 0.15) is 6.54 Å². The molecule has 1 aliphatic rings. The standard InChI is InChI=1S/C16H20ClN5O/c17-14-9-5-4-8-13(14)16-19-21-22(20-16)11-15(23)18-10-12-6-2-1-3-7-12/h4-5,8-9,12H,1-3,6-7,10-11H2,(H,18,23). The molecule has 1 aliphatic carbocycles. The zero-order valence-corrected chi connectivity index (χ0v) is 13.7. The summed E-state index contributed by atoms with van der Waals surface area (Å²) < 4.78 is 0. The summed E-state index contributed by atoms with van der Waals surface area (Å²) in [5, 5.41) is 15.6. The zero-order valence-electron chi connectivity index (χ0n) is 12.9. The maximum atomic E-state index is 12.0. The predicted molar refractivity (Wildman–Crippen MR) is 87.8 cm³/mol. The molecule has 1 N–H and O–H groups in total. The molecule has 0 saturated heterocycles. The van der Waals surface area contributed by atoms with Gasteiger partial charge >= 0.3 is 0 Å². The van der Waals surface area contributed by atoms with Crippen molar-refractivity contribution < 1.29 is 4.79 Å². The summed E-state index contributed by atoms with van der Waals surface area (Å²) in [5.74, 6) is 0.949. The minimum Gasteiger partial charge on any atom is -0.354 e. The van der Waals surface area contributed by atoms with E-state index >= 15 is 0 Å². The van der Waals surface area contributed by atoms with Gasteiger partial charge in [0.05, 0.1) is 5.02 Å². The smallest absolute Gasteiger partial charge is 0.243 e. The van der Waals surface area contributed by atoms with E-state index in [-0.39, 0.29) is 12.5 Å². The van der Waals surface area contributed by atoms with Crippen LogP contribution in [0, 0.1) is 5.92 Å². The lowest BCUT2D eigenvalue weighted by molar-refractivity contribution is -0.122. The van der Waals surface area contributed by atoms with E-state index in [0.717, 1.165) is 6.54 Å². The van der Waals surface area contributed by atoms with E-state index < -0.39 is 0 Å². The normalized spacial score (nSPS) is 15.5. The fourth-order valence-corrected chi connectivity index (χ4v) is 3.11. The fraction of sp³-hybridized carbons (Fsp3) is 0.500. The highest BCUT2D eigenvalue weighted by molar-refractivity contribution is 6.33. The Morgan fingerprint density at radius 2 is 2.04 bits per heavy atom. The number of nitrogens with one attached hydrogen (secondary N) is 1. The Hall–Kier alpha value is -1.95. The average Bonchev–Trinajstić information content (AvgIpc) is 3.02. The molecule has 0 spiro atoms. The number of aromatic nitrogens is 4. The number of nitrogens with zero attached hydrogens (tertiary/aromatic N) is 4. The van der Waals surface area contributed by atoms with Gasteiger partial charge in [-0.1, -0.05) is 43.0 Å². The second kappa shape index (κ2) is 7.55. The molecule has 23 heavy (non-hydrogen) atoms. The van der Waals surface area contributed by atoms with E-state index in [1.807, 2.05) is 18.2 Å². The molecule has 0 aliphatic heterocycles. The summed E-state index contributed by atoms with van der Waals surface area (Å²) in [6.07, 6.45) is 6.27. The van der Waals surface area contributed by atoms with Crippen LogP contribution in [-0.2, 0) is 11.3 Å². The van der Waals surface area contributed by atoms with E-state index in [9.17, 15) is 4.79 Å². The first-order valence-corrected chi connectivity index (χ1v) is 8.39. The number of benzene rings is 1. The summed E-state index contributed by atoms with van der Waals surface area (Å²) >= 11 is 6.11. The van der Waals surface area contributed by atoms with Crippen molar-refractivity contribution >= 4 is 17.5 Å². The SMILES string of the molecule is O=C(Cn1nnc(-c2ccccc2Cl)n1)NCC1CCCCC1. The molecule has 6 nitrogen and oxygen atoms in total. The molecule has 122 valence electrons. The number of tetrazole rings is 1. The van der Waals surface area contributed by atoms with Crippen molar-refractivity contribution in [3.63, 3.8) is 0 Å². The molecule has 7 heteroatoms. The topological polar surface area (TPSA) is 72.7 Å². The first-order valence-electron chi connectivity index (χ1n) is 8.02. The Balaban J connectivity index is 1.54. The molecule has 1 fully saturated rings. The molecule has 0 unspecified atom stereocenters. The van der Waals surface area contributed by atoms with Gasteiger partial charge in [0.15, 0.2) is 0 Å². The molecule has 0 atom stereocenters. The first-order chi connectivity index (χ1) is 11.2. The lowest BCUT2D eigenvalue weighted by atomic mass is 9.89. The molecule has 0 radical (unpaired) electrons. The predicted octanol–water partition coefficient (Wildman–Crippen LogP) is 2.69. The minimum absolute atomic E-state index is 0.0736. The average molecular weight is 334 g/mol. The van der Waals surface area contributed by atoms with Crippen molar-refractivity contribution in [1.29, 1.82) is 0 Å². The van der Waals surface area contributed by atoms with Crippen LogP contribution < -0.4 is 5.32 Å². The summed E-state index contributed by atoms with van der Waals surface area (Å²) in [6.45, 7) is 0.815. The molecule has 2 aromatic rings. The Kier molecular flexibility index (Phi) is 5.23. The highest BCUT2D eigenvalue weighted by atomic mass is 35.5. The summed E-state index contributed by atoms with van der Waals surface area (Å²) in [4.78, 5) is 13.3. The third-order valence-electron chi connectivity index (χ3n) is 4.17. The van der Waals surface area contributed by atoms with Gasteiger partial charge in [-0.15, -0.1) is 10.2 Å². The van der Waals surface area contributed by atoms with E-state index in [1.54, 1.807) is 6.07 Å². The van der Waals surface area contributed by atoms with Crippen LogP contribution in [0.25, 0.3) is 11.4 Å². The van der Waals surface area contributed by atoms with E-state index in [2.05, 4.69) is 20.7 Å². The Labute approximate surface area is 140 Å². The second-order valence-corrected chi connectivity index (χ2v) is 6.34. The third-order valence-corrected chi connectivity index (χ3v) is 4.49. The van der Waals surface area contributed by atoms with Gasteiger partial charge in [0.2, 0.25) is 11.7 Å². The Bertz CT molecular complexity index is 666. The molecule has 1 saturated carbocycles. The fourth-order valence-electron chi connectivity index (χ4n) is 2.89.